The van der Waals surface area contributed by atoms with Crippen molar-refractivity contribution in [2.75, 3.05) is 0 Å². The van der Waals surface area contributed by atoms with Gasteiger partial charge in [0, 0.05) is 17.6 Å². The zero-order valence-electron chi connectivity index (χ0n) is 10.0. The van der Waals surface area contributed by atoms with Gasteiger partial charge in [-0.2, -0.15) is 0 Å². The van der Waals surface area contributed by atoms with Crippen molar-refractivity contribution >= 4 is 5.97 Å². The molecule has 0 fully saturated rings. The van der Waals surface area contributed by atoms with Gasteiger partial charge in [0.2, 0.25) is 5.76 Å². The van der Waals surface area contributed by atoms with Crippen molar-refractivity contribution in [1.82, 2.24) is 5.32 Å². The molecule has 4 heteroatoms. The van der Waals surface area contributed by atoms with Crippen molar-refractivity contribution in [3.63, 3.8) is 0 Å². The number of hydrogen-bond donors (Lipinski definition) is 2. The number of furan rings is 1. The summed E-state index contributed by atoms with van der Waals surface area (Å²) in [6.07, 6.45) is 3.42. The van der Waals surface area contributed by atoms with Crippen LogP contribution in [0.4, 0.5) is 0 Å². The molecule has 0 atom stereocenters. The molecular weight excluding hydrogens is 206 g/mol. The number of carboxylic acids is 1. The molecule has 16 heavy (non-hydrogen) atoms. The number of nitrogens with one attached hydrogen (secondary N) is 1. The van der Waals surface area contributed by atoms with E-state index in [1.165, 1.54) is 6.26 Å². The first-order chi connectivity index (χ1) is 7.52. The average Bonchev–Trinajstić information content (AvgIpc) is 2.74. The van der Waals surface area contributed by atoms with Gasteiger partial charge in [-0.3, -0.25) is 0 Å². The summed E-state index contributed by atoms with van der Waals surface area (Å²) >= 11 is 0. The van der Waals surface area contributed by atoms with Crippen LogP contribution in [0.25, 0.3) is 0 Å². The highest BCUT2D eigenvalue weighted by Gasteiger charge is 2.20. The lowest BCUT2D eigenvalue weighted by atomic mass is 9.95. The van der Waals surface area contributed by atoms with Crippen LogP contribution in [0.1, 0.15) is 49.7 Å². The molecule has 90 valence electrons. The van der Waals surface area contributed by atoms with Gasteiger partial charge in [0.15, 0.2) is 0 Å². The van der Waals surface area contributed by atoms with E-state index in [4.69, 9.17) is 9.52 Å². The zero-order valence-corrected chi connectivity index (χ0v) is 10.0. The highest BCUT2D eigenvalue weighted by molar-refractivity contribution is 5.86. The molecule has 0 amide bonds. The van der Waals surface area contributed by atoms with Gasteiger partial charge in [-0.25, -0.2) is 4.79 Å². The Morgan fingerprint density at radius 2 is 2.12 bits per heavy atom. The molecule has 0 radical (unpaired) electrons. The second-order valence-corrected chi connectivity index (χ2v) is 4.20. The molecular formula is C12H19NO3. The van der Waals surface area contributed by atoms with Crippen LogP contribution in [0.2, 0.25) is 0 Å². The Morgan fingerprint density at radius 1 is 1.50 bits per heavy atom. The minimum Gasteiger partial charge on any atom is -0.475 e. The van der Waals surface area contributed by atoms with Gasteiger partial charge >= 0.3 is 5.97 Å². The second-order valence-electron chi connectivity index (χ2n) is 4.20. The smallest absolute Gasteiger partial charge is 0.372 e. The fraction of sp³-hybridized carbons (Fsp3) is 0.583. The molecule has 1 heterocycles. The van der Waals surface area contributed by atoms with Crippen molar-refractivity contribution in [1.29, 1.82) is 0 Å². The first kappa shape index (κ1) is 12.8. The Bertz CT molecular complexity index is 353. The van der Waals surface area contributed by atoms with Crippen LogP contribution in [-0.4, -0.2) is 16.6 Å². The SMILES string of the molecule is CCC(C)(CC)NCc1ccoc1C(=O)O. The third kappa shape index (κ3) is 2.85. The number of carboxylic acid groups (broad SMARTS) is 1. The van der Waals surface area contributed by atoms with Gasteiger partial charge in [0.25, 0.3) is 0 Å². The maximum absolute atomic E-state index is 10.8. The van der Waals surface area contributed by atoms with Crippen LogP contribution in [0.15, 0.2) is 16.7 Å². The molecule has 1 aromatic heterocycles. The van der Waals surface area contributed by atoms with Crippen molar-refractivity contribution in [2.45, 2.75) is 45.7 Å². The topological polar surface area (TPSA) is 62.5 Å². The summed E-state index contributed by atoms with van der Waals surface area (Å²) in [5, 5.41) is 12.2. The summed E-state index contributed by atoms with van der Waals surface area (Å²) in [5.41, 5.74) is 0.744. The van der Waals surface area contributed by atoms with Gasteiger partial charge in [-0.05, 0) is 25.8 Å². The van der Waals surface area contributed by atoms with E-state index in [-0.39, 0.29) is 11.3 Å². The summed E-state index contributed by atoms with van der Waals surface area (Å²) in [6, 6.07) is 1.70. The maximum atomic E-state index is 10.8. The Balaban J connectivity index is 2.67. The monoisotopic (exact) mass is 225 g/mol. The quantitative estimate of drug-likeness (QED) is 0.781. The van der Waals surface area contributed by atoms with Crippen LogP contribution >= 0.6 is 0 Å². The number of hydrogen-bond acceptors (Lipinski definition) is 3. The Morgan fingerprint density at radius 3 is 2.62 bits per heavy atom. The Kier molecular flexibility index (Phi) is 4.12. The lowest BCUT2D eigenvalue weighted by molar-refractivity contribution is 0.0660. The van der Waals surface area contributed by atoms with E-state index in [0.29, 0.717) is 12.1 Å². The van der Waals surface area contributed by atoms with E-state index in [1.807, 2.05) is 0 Å². The van der Waals surface area contributed by atoms with Crippen molar-refractivity contribution in [3.8, 4) is 0 Å². The molecule has 0 aromatic carbocycles. The zero-order chi connectivity index (χ0) is 12.2. The van der Waals surface area contributed by atoms with Crippen molar-refractivity contribution < 1.29 is 14.3 Å². The van der Waals surface area contributed by atoms with Gasteiger partial charge in [0.1, 0.15) is 0 Å². The predicted molar refractivity (Wildman–Crippen MR) is 61.5 cm³/mol. The minimum absolute atomic E-state index is 0.0297. The molecule has 1 aromatic rings. The molecule has 1 rings (SSSR count). The van der Waals surface area contributed by atoms with Crippen LogP contribution in [0.3, 0.4) is 0 Å². The number of aromatic carboxylic acids is 1. The minimum atomic E-state index is -1.02. The maximum Gasteiger partial charge on any atom is 0.372 e. The molecule has 0 aliphatic heterocycles. The standard InChI is InChI=1S/C12H19NO3/c1-4-12(3,5-2)13-8-9-6-7-16-10(9)11(14)15/h6-7,13H,4-5,8H2,1-3H3,(H,14,15). The van der Waals surface area contributed by atoms with Gasteiger partial charge in [0.05, 0.1) is 6.26 Å². The molecule has 0 unspecified atom stereocenters. The molecule has 0 aliphatic carbocycles. The number of rotatable bonds is 6. The molecule has 0 spiro atoms. The van der Waals surface area contributed by atoms with E-state index in [2.05, 4.69) is 26.1 Å². The lowest BCUT2D eigenvalue weighted by Crippen LogP contribution is -2.40. The summed E-state index contributed by atoms with van der Waals surface area (Å²) in [5.74, 6) is -0.987. The molecule has 0 saturated carbocycles. The first-order valence-corrected chi connectivity index (χ1v) is 5.57. The Labute approximate surface area is 95.7 Å². The van der Waals surface area contributed by atoms with E-state index in [1.54, 1.807) is 6.07 Å². The van der Waals surface area contributed by atoms with Crippen LogP contribution < -0.4 is 5.32 Å². The fourth-order valence-electron chi connectivity index (χ4n) is 1.47. The summed E-state index contributed by atoms with van der Waals surface area (Å²) in [4.78, 5) is 10.8. The average molecular weight is 225 g/mol. The van der Waals surface area contributed by atoms with Crippen molar-refractivity contribution in [3.05, 3.63) is 23.7 Å². The van der Waals surface area contributed by atoms with E-state index in [0.717, 1.165) is 12.8 Å². The fourth-order valence-corrected chi connectivity index (χ4v) is 1.47. The highest BCUT2D eigenvalue weighted by atomic mass is 16.4. The third-order valence-electron chi connectivity index (χ3n) is 3.21. The van der Waals surface area contributed by atoms with E-state index >= 15 is 0 Å². The van der Waals surface area contributed by atoms with Crippen LogP contribution in [0, 0.1) is 0 Å². The van der Waals surface area contributed by atoms with E-state index < -0.39 is 5.97 Å². The highest BCUT2D eigenvalue weighted by Crippen LogP contribution is 2.16. The van der Waals surface area contributed by atoms with Crippen LogP contribution in [0.5, 0.6) is 0 Å². The van der Waals surface area contributed by atoms with Gasteiger partial charge in [-0.1, -0.05) is 13.8 Å². The van der Waals surface area contributed by atoms with Gasteiger partial charge in [-0.15, -0.1) is 0 Å². The largest absolute Gasteiger partial charge is 0.475 e. The molecule has 0 bridgehead atoms. The second kappa shape index (κ2) is 5.16. The number of carbonyl (C=O) groups is 1. The predicted octanol–water partition coefficient (Wildman–Crippen LogP) is 2.65. The lowest BCUT2D eigenvalue weighted by Gasteiger charge is -2.28. The summed E-state index contributed by atoms with van der Waals surface area (Å²) in [7, 11) is 0. The van der Waals surface area contributed by atoms with Crippen LogP contribution in [-0.2, 0) is 6.54 Å². The molecule has 4 nitrogen and oxygen atoms in total. The summed E-state index contributed by atoms with van der Waals surface area (Å²) in [6.45, 7) is 6.89. The first-order valence-electron chi connectivity index (χ1n) is 5.57. The molecule has 0 saturated heterocycles. The normalized spacial score (nSPS) is 11.7. The Hall–Kier alpha value is -1.29. The van der Waals surface area contributed by atoms with E-state index in [9.17, 15) is 4.79 Å². The van der Waals surface area contributed by atoms with Gasteiger partial charge < -0.3 is 14.8 Å². The third-order valence-corrected chi connectivity index (χ3v) is 3.21. The molecule has 2 N–H and O–H groups in total. The van der Waals surface area contributed by atoms with Crippen molar-refractivity contribution in [2.24, 2.45) is 0 Å². The molecule has 0 aliphatic rings. The summed E-state index contributed by atoms with van der Waals surface area (Å²) < 4.78 is 4.92.